The van der Waals surface area contributed by atoms with Gasteiger partial charge in [0.2, 0.25) is 0 Å². The summed E-state index contributed by atoms with van der Waals surface area (Å²) in [7, 11) is 0. The van der Waals surface area contributed by atoms with Gasteiger partial charge in [-0.2, -0.15) is 0 Å². The van der Waals surface area contributed by atoms with E-state index in [1.807, 2.05) is 30.3 Å². The zero-order chi connectivity index (χ0) is 14.3. The molecular formula is C14H15FN2O3. The van der Waals surface area contributed by atoms with E-state index in [0.717, 1.165) is 10.5 Å². The van der Waals surface area contributed by atoms with Crippen molar-refractivity contribution in [3.63, 3.8) is 0 Å². The van der Waals surface area contributed by atoms with Gasteiger partial charge in [-0.25, -0.2) is 9.18 Å². The van der Waals surface area contributed by atoms with Crippen LogP contribution in [0.15, 0.2) is 30.3 Å². The molecule has 1 spiro atoms. The first-order valence-electron chi connectivity index (χ1n) is 6.46. The number of amides is 2. The largest absolute Gasteiger partial charge is 0.465 e. The molecule has 6 heteroatoms. The monoisotopic (exact) mass is 278 g/mol. The molecule has 2 aliphatic heterocycles. The quantitative estimate of drug-likeness (QED) is 0.888. The lowest BCUT2D eigenvalue weighted by Crippen LogP contribution is -2.62. The van der Waals surface area contributed by atoms with E-state index in [0.29, 0.717) is 6.54 Å². The Hall–Kier alpha value is -2.11. The van der Waals surface area contributed by atoms with Crippen molar-refractivity contribution in [1.29, 1.82) is 0 Å². The summed E-state index contributed by atoms with van der Waals surface area (Å²) >= 11 is 0. The average Bonchev–Trinajstić information content (AvgIpc) is 2.63. The van der Waals surface area contributed by atoms with E-state index in [2.05, 4.69) is 0 Å². The second kappa shape index (κ2) is 4.47. The third kappa shape index (κ3) is 1.92. The van der Waals surface area contributed by atoms with Crippen LogP contribution in [0, 0.1) is 5.41 Å². The van der Waals surface area contributed by atoms with Gasteiger partial charge in [-0.1, -0.05) is 30.3 Å². The Kier molecular flexibility index (Phi) is 2.88. The van der Waals surface area contributed by atoms with Crippen molar-refractivity contribution in [1.82, 2.24) is 9.80 Å². The van der Waals surface area contributed by atoms with Gasteiger partial charge in [-0.15, -0.1) is 0 Å². The molecule has 2 fully saturated rings. The minimum Gasteiger partial charge on any atom is -0.465 e. The zero-order valence-corrected chi connectivity index (χ0v) is 10.8. The Morgan fingerprint density at radius 1 is 1.30 bits per heavy atom. The number of likely N-dealkylation sites (tertiary alicyclic amines) is 2. The van der Waals surface area contributed by atoms with Gasteiger partial charge in [0.1, 0.15) is 0 Å². The lowest BCUT2D eigenvalue weighted by atomic mass is 9.78. The predicted octanol–water partition coefficient (Wildman–Crippen LogP) is 1.35. The first kappa shape index (κ1) is 12.9. The van der Waals surface area contributed by atoms with Crippen LogP contribution in [0.5, 0.6) is 0 Å². The van der Waals surface area contributed by atoms with E-state index in [9.17, 15) is 14.0 Å². The fraction of sp³-hybridized carbons (Fsp3) is 0.429. The maximum atomic E-state index is 14.2. The van der Waals surface area contributed by atoms with Crippen LogP contribution in [0.4, 0.5) is 9.18 Å². The summed E-state index contributed by atoms with van der Waals surface area (Å²) in [6.45, 7) is 0.849. The topological polar surface area (TPSA) is 60.9 Å². The third-order valence-electron chi connectivity index (χ3n) is 4.07. The summed E-state index contributed by atoms with van der Waals surface area (Å²) in [5.41, 5.74) is 0.101. The summed E-state index contributed by atoms with van der Waals surface area (Å²) in [6.07, 6.45) is -2.65. The van der Waals surface area contributed by atoms with Crippen molar-refractivity contribution < 1.29 is 19.1 Å². The van der Waals surface area contributed by atoms with Crippen LogP contribution in [0.1, 0.15) is 5.56 Å². The van der Waals surface area contributed by atoms with Gasteiger partial charge in [-0.3, -0.25) is 4.79 Å². The van der Waals surface area contributed by atoms with Gasteiger partial charge in [0.25, 0.3) is 5.91 Å². The van der Waals surface area contributed by atoms with E-state index >= 15 is 0 Å². The Morgan fingerprint density at radius 3 is 2.55 bits per heavy atom. The fourth-order valence-corrected chi connectivity index (χ4v) is 3.01. The standard InChI is InChI=1S/C14H15FN2O3/c15-11-12(18)16(6-10-4-2-1-3-5-10)7-14(11)8-17(9-14)13(19)20/h1-5,11H,6-9H2,(H,19,20). The number of benzene rings is 1. The minimum absolute atomic E-state index is 0.0977. The van der Waals surface area contributed by atoms with Crippen molar-refractivity contribution >= 4 is 12.0 Å². The molecule has 1 unspecified atom stereocenters. The number of carboxylic acid groups (broad SMARTS) is 1. The molecule has 2 saturated heterocycles. The van der Waals surface area contributed by atoms with E-state index in [1.165, 1.54) is 4.90 Å². The molecule has 1 N–H and O–H groups in total. The fourth-order valence-electron chi connectivity index (χ4n) is 3.01. The van der Waals surface area contributed by atoms with Crippen molar-refractivity contribution in [2.24, 2.45) is 5.41 Å². The summed E-state index contributed by atoms with van der Waals surface area (Å²) in [6, 6.07) is 9.39. The smallest absolute Gasteiger partial charge is 0.407 e. The molecule has 3 rings (SSSR count). The van der Waals surface area contributed by atoms with Gasteiger partial charge >= 0.3 is 6.09 Å². The Bertz CT molecular complexity index is 543. The predicted molar refractivity (Wildman–Crippen MR) is 68.8 cm³/mol. The molecule has 2 aliphatic rings. The van der Waals surface area contributed by atoms with Gasteiger partial charge in [0.05, 0.1) is 5.41 Å². The maximum Gasteiger partial charge on any atom is 0.407 e. The molecule has 0 saturated carbocycles. The van der Waals surface area contributed by atoms with Gasteiger partial charge < -0.3 is 14.9 Å². The lowest BCUT2D eigenvalue weighted by Gasteiger charge is -2.46. The minimum atomic E-state index is -1.60. The first-order chi connectivity index (χ1) is 9.52. The van der Waals surface area contributed by atoms with E-state index in [1.54, 1.807) is 0 Å². The molecule has 2 amide bonds. The molecular weight excluding hydrogens is 263 g/mol. The molecule has 0 radical (unpaired) electrons. The molecule has 1 aromatic rings. The van der Waals surface area contributed by atoms with Gasteiger partial charge in [-0.05, 0) is 5.56 Å². The van der Waals surface area contributed by atoms with E-state index < -0.39 is 23.6 Å². The van der Waals surface area contributed by atoms with Crippen LogP contribution in [-0.4, -0.2) is 52.7 Å². The highest BCUT2D eigenvalue weighted by atomic mass is 19.1. The van der Waals surface area contributed by atoms with Crippen molar-refractivity contribution in [2.45, 2.75) is 12.7 Å². The number of carbonyl (C=O) groups excluding carboxylic acids is 1. The molecule has 2 heterocycles. The highest BCUT2D eigenvalue weighted by Gasteiger charge is 2.60. The zero-order valence-electron chi connectivity index (χ0n) is 10.8. The highest BCUT2D eigenvalue weighted by Crippen LogP contribution is 2.42. The van der Waals surface area contributed by atoms with Crippen molar-refractivity contribution in [3.05, 3.63) is 35.9 Å². The number of hydrogen-bond acceptors (Lipinski definition) is 2. The number of hydrogen-bond donors (Lipinski definition) is 1. The lowest BCUT2D eigenvalue weighted by molar-refractivity contribution is -0.134. The van der Waals surface area contributed by atoms with E-state index in [4.69, 9.17) is 5.11 Å². The number of carbonyl (C=O) groups is 2. The van der Waals surface area contributed by atoms with Crippen LogP contribution < -0.4 is 0 Å². The number of nitrogens with zero attached hydrogens (tertiary/aromatic N) is 2. The Labute approximate surface area is 115 Å². The van der Waals surface area contributed by atoms with Crippen LogP contribution in [0.2, 0.25) is 0 Å². The Balaban J connectivity index is 1.71. The number of alkyl halides is 1. The summed E-state index contributed by atoms with van der Waals surface area (Å²) in [5.74, 6) is -0.529. The van der Waals surface area contributed by atoms with Crippen molar-refractivity contribution in [3.8, 4) is 0 Å². The number of halogens is 1. The normalized spacial score (nSPS) is 24.1. The number of rotatable bonds is 2. The summed E-state index contributed by atoms with van der Waals surface area (Å²) in [4.78, 5) is 25.4. The molecule has 0 aromatic heterocycles. The first-order valence-corrected chi connectivity index (χ1v) is 6.46. The summed E-state index contributed by atoms with van der Waals surface area (Å²) in [5, 5.41) is 8.84. The second-order valence-electron chi connectivity index (χ2n) is 5.54. The second-order valence-corrected chi connectivity index (χ2v) is 5.54. The molecule has 1 aromatic carbocycles. The molecule has 0 bridgehead atoms. The third-order valence-corrected chi connectivity index (χ3v) is 4.07. The van der Waals surface area contributed by atoms with Gasteiger partial charge in [0, 0.05) is 26.2 Å². The van der Waals surface area contributed by atoms with Crippen LogP contribution in [-0.2, 0) is 11.3 Å². The average molecular weight is 278 g/mol. The van der Waals surface area contributed by atoms with Crippen LogP contribution in [0.25, 0.3) is 0 Å². The Morgan fingerprint density at radius 2 is 1.95 bits per heavy atom. The van der Waals surface area contributed by atoms with E-state index in [-0.39, 0.29) is 19.6 Å². The maximum absolute atomic E-state index is 14.2. The SMILES string of the molecule is O=C(O)N1CC2(C1)CN(Cc1ccccc1)C(=O)C2F. The highest BCUT2D eigenvalue weighted by molar-refractivity contribution is 5.85. The molecule has 1 atom stereocenters. The van der Waals surface area contributed by atoms with Crippen molar-refractivity contribution in [2.75, 3.05) is 19.6 Å². The molecule has 106 valence electrons. The molecule has 0 aliphatic carbocycles. The van der Waals surface area contributed by atoms with Gasteiger partial charge in [0.15, 0.2) is 6.17 Å². The van der Waals surface area contributed by atoms with Crippen LogP contribution >= 0.6 is 0 Å². The summed E-state index contributed by atoms with van der Waals surface area (Å²) < 4.78 is 14.2. The molecule has 20 heavy (non-hydrogen) atoms. The molecule has 5 nitrogen and oxygen atoms in total. The van der Waals surface area contributed by atoms with Crippen LogP contribution in [0.3, 0.4) is 0 Å².